The van der Waals surface area contributed by atoms with Crippen LogP contribution in [0.25, 0.3) is 22.9 Å². The van der Waals surface area contributed by atoms with Crippen molar-refractivity contribution in [2.24, 2.45) is 0 Å². The third-order valence-electron chi connectivity index (χ3n) is 4.59. The maximum atomic E-state index is 12.9. The Morgan fingerprint density at radius 2 is 1.91 bits per heavy atom. The number of carbonyl (C=O) groups is 2. The molecule has 1 aromatic carbocycles. The first kappa shape index (κ1) is 21.8. The average molecular weight is 472 g/mol. The molecule has 3 aromatic heterocycles. The fraction of sp³-hybridized carbons (Fsp3) is 0.136. The van der Waals surface area contributed by atoms with Crippen LogP contribution in [-0.4, -0.2) is 32.2 Å². The average Bonchev–Trinajstić information content (AvgIpc) is 3.54. The van der Waals surface area contributed by atoms with Gasteiger partial charge in [-0.2, -0.15) is 0 Å². The quantitative estimate of drug-likeness (QED) is 0.278. The van der Waals surface area contributed by atoms with E-state index >= 15 is 0 Å². The van der Waals surface area contributed by atoms with Gasteiger partial charge in [0.1, 0.15) is 11.4 Å². The lowest BCUT2D eigenvalue weighted by Gasteiger charge is -2.14. The number of nitrogens with one attached hydrogen (secondary N) is 2. The first-order valence-corrected chi connectivity index (χ1v) is 10.9. The number of H-pyrrole nitrogens is 1. The lowest BCUT2D eigenvalue weighted by atomic mass is 10.2. The largest absolute Gasteiger partial charge is 0.478 e. The zero-order valence-corrected chi connectivity index (χ0v) is 18.4. The number of benzene rings is 1. The summed E-state index contributed by atoms with van der Waals surface area (Å²) in [5.74, 6) is -0.276. The topological polar surface area (TPSA) is 121 Å². The van der Waals surface area contributed by atoms with Crippen molar-refractivity contribution >= 4 is 40.9 Å². The van der Waals surface area contributed by atoms with Gasteiger partial charge in [0.25, 0.3) is 0 Å². The van der Waals surface area contributed by atoms with Gasteiger partial charge in [0.05, 0.1) is 34.0 Å². The first-order valence-electron chi connectivity index (χ1n) is 9.64. The van der Waals surface area contributed by atoms with Gasteiger partial charge in [-0.15, -0.1) is 0 Å². The molecule has 0 saturated carbocycles. The molecule has 0 fully saturated rings. The van der Waals surface area contributed by atoms with Gasteiger partial charge in [-0.1, -0.05) is 30.3 Å². The van der Waals surface area contributed by atoms with E-state index in [2.05, 4.69) is 15.3 Å². The molecule has 0 spiro atoms. The van der Waals surface area contributed by atoms with Crippen molar-refractivity contribution in [3.8, 4) is 22.9 Å². The van der Waals surface area contributed by atoms with E-state index < -0.39 is 11.2 Å². The zero-order chi connectivity index (χ0) is 22.7. The van der Waals surface area contributed by atoms with Crippen LogP contribution in [0.4, 0.5) is 5.69 Å². The Bertz CT molecular complexity index is 1180. The van der Waals surface area contributed by atoms with Crippen molar-refractivity contribution in [1.29, 1.82) is 0 Å². The number of carboxylic acid groups (broad SMARTS) is 1. The van der Waals surface area contributed by atoms with E-state index in [-0.39, 0.29) is 22.2 Å². The summed E-state index contributed by atoms with van der Waals surface area (Å²) in [5, 5.41) is 12.1. The summed E-state index contributed by atoms with van der Waals surface area (Å²) >= 11 is 7.38. The molecule has 0 saturated heterocycles. The Labute approximate surface area is 192 Å². The number of aromatic carboxylic acids is 1. The Balaban J connectivity index is 1.58. The van der Waals surface area contributed by atoms with Crippen molar-refractivity contribution in [1.82, 2.24) is 9.97 Å². The molecule has 0 aliphatic carbocycles. The van der Waals surface area contributed by atoms with Crippen LogP contribution in [0.5, 0.6) is 0 Å². The Kier molecular flexibility index (Phi) is 6.38. The van der Waals surface area contributed by atoms with Crippen LogP contribution in [0.15, 0.2) is 69.0 Å². The van der Waals surface area contributed by atoms with Crippen molar-refractivity contribution in [2.45, 2.75) is 23.8 Å². The van der Waals surface area contributed by atoms with E-state index in [1.807, 2.05) is 6.92 Å². The molecule has 0 aliphatic heterocycles. The summed E-state index contributed by atoms with van der Waals surface area (Å²) < 4.78 is 11.0. The zero-order valence-electron chi connectivity index (χ0n) is 16.8. The summed E-state index contributed by atoms with van der Waals surface area (Å²) in [5.41, 5.74) is 1.48. The summed E-state index contributed by atoms with van der Waals surface area (Å²) in [6, 6.07) is 11.3. The van der Waals surface area contributed by atoms with E-state index in [0.717, 1.165) is 0 Å². The molecule has 1 atom stereocenters. The molecule has 10 heteroatoms. The van der Waals surface area contributed by atoms with Gasteiger partial charge in [0.2, 0.25) is 5.91 Å². The number of imidazole rings is 1. The maximum Gasteiger partial charge on any atom is 0.335 e. The van der Waals surface area contributed by atoms with Crippen LogP contribution in [0.3, 0.4) is 0 Å². The number of carbonyl (C=O) groups excluding carboxylic acids is 1. The molecule has 0 radical (unpaired) electrons. The van der Waals surface area contributed by atoms with E-state index in [1.165, 1.54) is 30.0 Å². The molecule has 4 aromatic rings. The predicted molar refractivity (Wildman–Crippen MR) is 121 cm³/mol. The molecule has 164 valence electrons. The van der Waals surface area contributed by atoms with Crippen molar-refractivity contribution in [3.05, 3.63) is 65.6 Å². The highest BCUT2D eigenvalue weighted by Gasteiger charge is 2.24. The van der Waals surface area contributed by atoms with Gasteiger partial charge in [-0.3, -0.25) is 4.79 Å². The smallest absolute Gasteiger partial charge is 0.335 e. The second kappa shape index (κ2) is 9.37. The number of hydrogen-bond donors (Lipinski definition) is 3. The summed E-state index contributed by atoms with van der Waals surface area (Å²) in [6.07, 6.45) is 3.62. The highest BCUT2D eigenvalue weighted by molar-refractivity contribution is 8.00. The summed E-state index contributed by atoms with van der Waals surface area (Å²) in [6.45, 7) is 1.87. The normalized spacial score (nSPS) is 11.9. The minimum absolute atomic E-state index is 0.0302. The molecule has 8 nitrogen and oxygen atoms in total. The number of rotatable bonds is 8. The van der Waals surface area contributed by atoms with Crippen LogP contribution in [-0.2, 0) is 4.79 Å². The molecular formula is C22H18ClN3O5S. The molecule has 32 heavy (non-hydrogen) atoms. The van der Waals surface area contributed by atoms with E-state index in [4.69, 9.17) is 20.4 Å². The SMILES string of the molecule is CCC(Sc1nc(-c2ccco2)c(-c2ccco2)[nH]1)C(=O)Nc1cc(C(=O)O)ccc1Cl. The van der Waals surface area contributed by atoms with Crippen LogP contribution in [0.1, 0.15) is 23.7 Å². The van der Waals surface area contributed by atoms with Gasteiger partial charge < -0.3 is 24.2 Å². The van der Waals surface area contributed by atoms with E-state index in [9.17, 15) is 14.7 Å². The van der Waals surface area contributed by atoms with E-state index in [0.29, 0.717) is 34.5 Å². The van der Waals surface area contributed by atoms with Gasteiger partial charge in [-0.25, -0.2) is 9.78 Å². The minimum Gasteiger partial charge on any atom is -0.478 e. The van der Waals surface area contributed by atoms with E-state index in [1.54, 1.807) is 36.8 Å². The Morgan fingerprint density at radius 3 is 2.53 bits per heavy atom. The van der Waals surface area contributed by atoms with Crippen LogP contribution in [0, 0.1) is 0 Å². The molecule has 1 unspecified atom stereocenters. The molecule has 1 amide bonds. The number of anilines is 1. The van der Waals surface area contributed by atoms with Gasteiger partial charge in [-0.05, 0) is 48.9 Å². The maximum absolute atomic E-state index is 12.9. The number of aromatic amines is 1. The third-order valence-corrected chi connectivity index (χ3v) is 6.17. The molecule has 0 bridgehead atoms. The number of carboxylic acids is 1. The minimum atomic E-state index is -1.11. The van der Waals surface area contributed by atoms with Crippen molar-refractivity contribution in [2.75, 3.05) is 5.32 Å². The first-order chi connectivity index (χ1) is 15.5. The van der Waals surface area contributed by atoms with Crippen LogP contribution in [0.2, 0.25) is 5.02 Å². The standard InChI is InChI=1S/C22H18ClN3O5S/c1-2-17(20(27)24-14-11-12(21(28)29)7-8-13(14)23)32-22-25-18(15-5-3-9-30-15)19(26-22)16-6-4-10-31-16/h3-11,17H,2H2,1H3,(H,24,27)(H,25,26)(H,28,29). The lowest BCUT2D eigenvalue weighted by Crippen LogP contribution is -2.25. The highest BCUT2D eigenvalue weighted by atomic mass is 35.5. The summed E-state index contributed by atoms with van der Waals surface area (Å²) in [4.78, 5) is 32.0. The number of hydrogen-bond acceptors (Lipinski definition) is 6. The second-order valence-electron chi connectivity index (χ2n) is 6.72. The second-order valence-corrected chi connectivity index (χ2v) is 8.32. The predicted octanol–water partition coefficient (Wildman–Crippen LogP) is 5.79. The number of nitrogens with zero attached hydrogens (tertiary/aromatic N) is 1. The molecule has 3 N–H and O–H groups in total. The Morgan fingerprint density at radius 1 is 1.19 bits per heavy atom. The molecule has 0 aliphatic rings. The molecule has 4 rings (SSSR count). The van der Waals surface area contributed by atoms with Gasteiger partial charge in [0, 0.05) is 0 Å². The van der Waals surface area contributed by atoms with Crippen molar-refractivity contribution < 1.29 is 23.5 Å². The number of furan rings is 2. The Hall–Kier alpha value is -3.43. The number of amides is 1. The fourth-order valence-corrected chi connectivity index (χ4v) is 4.09. The molecular weight excluding hydrogens is 454 g/mol. The monoisotopic (exact) mass is 471 g/mol. The third kappa shape index (κ3) is 4.58. The lowest BCUT2D eigenvalue weighted by molar-refractivity contribution is -0.115. The number of thioether (sulfide) groups is 1. The fourth-order valence-electron chi connectivity index (χ4n) is 3.02. The van der Waals surface area contributed by atoms with Crippen LogP contribution < -0.4 is 5.32 Å². The van der Waals surface area contributed by atoms with Gasteiger partial charge >= 0.3 is 5.97 Å². The number of halogens is 1. The van der Waals surface area contributed by atoms with Crippen molar-refractivity contribution in [3.63, 3.8) is 0 Å². The van der Waals surface area contributed by atoms with Gasteiger partial charge in [0.15, 0.2) is 16.7 Å². The van der Waals surface area contributed by atoms with Crippen LogP contribution >= 0.6 is 23.4 Å². The summed E-state index contributed by atoms with van der Waals surface area (Å²) in [7, 11) is 0. The number of aromatic nitrogens is 2. The highest BCUT2D eigenvalue weighted by Crippen LogP contribution is 2.35. The molecule has 3 heterocycles.